The first-order valence-corrected chi connectivity index (χ1v) is 6.70. The van der Waals surface area contributed by atoms with E-state index in [9.17, 15) is 5.11 Å². The van der Waals surface area contributed by atoms with Crippen LogP contribution < -0.4 is 4.90 Å². The molecule has 1 aliphatic heterocycles. The van der Waals surface area contributed by atoms with E-state index in [1.807, 2.05) is 0 Å². The first-order chi connectivity index (χ1) is 8.24. The molecule has 1 aliphatic rings. The van der Waals surface area contributed by atoms with Crippen LogP contribution in [-0.2, 0) is 0 Å². The molecule has 0 aromatic carbocycles. The van der Waals surface area contributed by atoms with Crippen molar-refractivity contribution in [2.75, 3.05) is 18.0 Å². The predicted molar refractivity (Wildman–Crippen MR) is 69.6 cm³/mol. The van der Waals surface area contributed by atoms with Gasteiger partial charge in [0, 0.05) is 18.0 Å². The topological polar surface area (TPSA) is 49.2 Å². The smallest absolute Gasteiger partial charge is 0.140 e. The van der Waals surface area contributed by atoms with Crippen molar-refractivity contribution in [3.63, 3.8) is 0 Å². The van der Waals surface area contributed by atoms with E-state index in [0.717, 1.165) is 42.0 Å². The van der Waals surface area contributed by atoms with Gasteiger partial charge in [-0.05, 0) is 25.8 Å². The zero-order chi connectivity index (χ0) is 11.8. The molecule has 3 rings (SSSR count). The zero-order valence-corrected chi connectivity index (χ0v) is 10.6. The molecule has 17 heavy (non-hydrogen) atoms. The monoisotopic (exact) mass is 249 g/mol. The van der Waals surface area contributed by atoms with E-state index < -0.39 is 0 Å². The molecule has 0 radical (unpaired) electrons. The Bertz CT molecular complexity index is 532. The van der Waals surface area contributed by atoms with E-state index in [2.05, 4.69) is 27.9 Å². The predicted octanol–water partition coefficient (Wildman–Crippen LogP) is 1.96. The number of aromatic nitrogens is 2. The molecule has 90 valence electrons. The summed E-state index contributed by atoms with van der Waals surface area (Å²) in [6.07, 6.45) is 3.15. The van der Waals surface area contributed by atoms with Crippen LogP contribution in [0.2, 0.25) is 0 Å². The van der Waals surface area contributed by atoms with Gasteiger partial charge in [0.1, 0.15) is 17.0 Å². The molecule has 0 amide bonds. The van der Waals surface area contributed by atoms with Gasteiger partial charge in [-0.2, -0.15) is 0 Å². The number of nitrogens with zero attached hydrogens (tertiary/aromatic N) is 3. The highest BCUT2D eigenvalue weighted by Gasteiger charge is 2.20. The molecule has 2 aromatic heterocycles. The second kappa shape index (κ2) is 4.23. The van der Waals surface area contributed by atoms with E-state index in [1.54, 1.807) is 17.7 Å². The minimum atomic E-state index is -0.146. The number of thiophene rings is 1. The molecule has 1 N–H and O–H groups in total. The molecule has 5 heteroatoms. The lowest BCUT2D eigenvalue weighted by molar-refractivity contribution is 0.145. The van der Waals surface area contributed by atoms with Crippen LogP contribution in [0.15, 0.2) is 12.4 Å². The van der Waals surface area contributed by atoms with E-state index in [-0.39, 0.29) is 6.10 Å². The second-order valence-corrected chi connectivity index (χ2v) is 5.73. The summed E-state index contributed by atoms with van der Waals surface area (Å²) in [6, 6.07) is 2.15. The average molecular weight is 249 g/mol. The third-order valence-electron chi connectivity index (χ3n) is 3.20. The number of hydrogen-bond acceptors (Lipinski definition) is 5. The van der Waals surface area contributed by atoms with Crippen molar-refractivity contribution in [1.82, 2.24) is 9.97 Å². The Hall–Kier alpha value is -1.20. The largest absolute Gasteiger partial charge is 0.393 e. The Morgan fingerprint density at radius 2 is 2.12 bits per heavy atom. The van der Waals surface area contributed by atoms with Gasteiger partial charge < -0.3 is 10.0 Å². The van der Waals surface area contributed by atoms with E-state index in [0.29, 0.717) is 0 Å². The number of aliphatic hydroxyl groups is 1. The third-order valence-corrected chi connectivity index (χ3v) is 4.15. The van der Waals surface area contributed by atoms with Crippen molar-refractivity contribution in [2.24, 2.45) is 0 Å². The van der Waals surface area contributed by atoms with Crippen LogP contribution in [0.1, 0.15) is 17.7 Å². The SMILES string of the molecule is Cc1cc2c(N3CCC(O)CC3)ncnc2s1. The molecule has 2 aromatic rings. The summed E-state index contributed by atoms with van der Waals surface area (Å²) in [5, 5.41) is 10.7. The van der Waals surface area contributed by atoms with Gasteiger partial charge in [-0.15, -0.1) is 11.3 Å². The van der Waals surface area contributed by atoms with Crippen LogP contribution >= 0.6 is 11.3 Å². The summed E-state index contributed by atoms with van der Waals surface area (Å²) < 4.78 is 0. The Morgan fingerprint density at radius 3 is 2.88 bits per heavy atom. The van der Waals surface area contributed by atoms with Gasteiger partial charge >= 0.3 is 0 Å². The summed E-state index contributed by atoms with van der Waals surface area (Å²) in [4.78, 5) is 13.3. The van der Waals surface area contributed by atoms with Crippen molar-refractivity contribution >= 4 is 27.4 Å². The van der Waals surface area contributed by atoms with Gasteiger partial charge in [0.2, 0.25) is 0 Å². The molecule has 0 aliphatic carbocycles. The van der Waals surface area contributed by atoms with Crippen LogP contribution in [0.5, 0.6) is 0 Å². The maximum absolute atomic E-state index is 9.53. The fourth-order valence-electron chi connectivity index (χ4n) is 2.29. The van der Waals surface area contributed by atoms with E-state index in [1.165, 1.54) is 4.88 Å². The molecular weight excluding hydrogens is 234 g/mol. The van der Waals surface area contributed by atoms with E-state index >= 15 is 0 Å². The van der Waals surface area contributed by atoms with Crippen LogP contribution in [0.4, 0.5) is 5.82 Å². The van der Waals surface area contributed by atoms with Crippen molar-refractivity contribution in [2.45, 2.75) is 25.9 Å². The molecule has 0 atom stereocenters. The first kappa shape index (κ1) is 10.9. The molecule has 0 spiro atoms. The van der Waals surface area contributed by atoms with Crippen molar-refractivity contribution < 1.29 is 5.11 Å². The second-order valence-electron chi connectivity index (χ2n) is 4.49. The Balaban J connectivity index is 1.99. The van der Waals surface area contributed by atoms with Crippen molar-refractivity contribution in [3.05, 3.63) is 17.3 Å². The van der Waals surface area contributed by atoms with Gasteiger partial charge in [0.25, 0.3) is 0 Å². The number of rotatable bonds is 1. The molecular formula is C12H15N3OS. The fraction of sp³-hybridized carbons (Fsp3) is 0.500. The molecule has 3 heterocycles. The lowest BCUT2D eigenvalue weighted by Gasteiger charge is -2.30. The molecule has 1 saturated heterocycles. The quantitative estimate of drug-likeness (QED) is 0.839. The minimum Gasteiger partial charge on any atom is -0.393 e. The summed E-state index contributed by atoms with van der Waals surface area (Å²) in [5.41, 5.74) is 0. The molecule has 4 nitrogen and oxygen atoms in total. The normalized spacial score (nSPS) is 17.9. The zero-order valence-electron chi connectivity index (χ0n) is 9.76. The molecule has 1 fully saturated rings. The van der Waals surface area contributed by atoms with Crippen LogP contribution in [0.3, 0.4) is 0 Å². The lowest BCUT2D eigenvalue weighted by atomic mass is 10.1. The van der Waals surface area contributed by atoms with Gasteiger partial charge in [-0.1, -0.05) is 0 Å². The van der Waals surface area contributed by atoms with Crippen molar-refractivity contribution in [1.29, 1.82) is 0 Å². The third kappa shape index (κ3) is 2.00. The number of piperidine rings is 1. The highest BCUT2D eigenvalue weighted by molar-refractivity contribution is 7.18. The van der Waals surface area contributed by atoms with Crippen molar-refractivity contribution in [3.8, 4) is 0 Å². The standard InChI is InChI=1S/C12H15N3OS/c1-8-6-10-11(13-7-14-12(10)17-8)15-4-2-9(16)3-5-15/h6-7,9,16H,2-5H2,1H3. The van der Waals surface area contributed by atoms with Gasteiger partial charge in [-0.25, -0.2) is 9.97 Å². The summed E-state index contributed by atoms with van der Waals surface area (Å²) in [7, 11) is 0. The van der Waals surface area contributed by atoms with Gasteiger partial charge in [0.15, 0.2) is 0 Å². The summed E-state index contributed by atoms with van der Waals surface area (Å²) in [6.45, 7) is 3.85. The number of aryl methyl sites for hydroxylation is 1. The Kier molecular flexibility index (Phi) is 2.72. The lowest BCUT2D eigenvalue weighted by Crippen LogP contribution is -2.36. The minimum absolute atomic E-state index is 0.146. The van der Waals surface area contributed by atoms with Crippen LogP contribution in [-0.4, -0.2) is 34.3 Å². The Labute approximate surface area is 104 Å². The summed E-state index contributed by atoms with van der Waals surface area (Å²) >= 11 is 1.70. The maximum Gasteiger partial charge on any atom is 0.140 e. The van der Waals surface area contributed by atoms with Gasteiger partial charge in [-0.3, -0.25) is 0 Å². The number of anilines is 1. The summed E-state index contributed by atoms with van der Waals surface area (Å²) in [5.74, 6) is 1.02. The highest BCUT2D eigenvalue weighted by Crippen LogP contribution is 2.30. The number of hydrogen-bond donors (Lipinski definition) is 1. The number of aliphatic hydroxyl groups excluding tert-OH is 1. The fourth-order valence-corrected chi connectivity index (χ4v) is 3.13. The van der Waals surface area contributed by atoms with E-state index in [4.69, 9.17) is 0 Å². The first-order valence-electron chi connectivity index (χ1n) is 5.88. The molecule has 0 saturated carbocycles. The molecule has 0 bridgehead atoms. The van der Waals surface area contributed by atoms with Crippen LogP contribution in [0, 0.1) is 6.92 Å². The van der Waals surface area contributed by atoms with Crippen LogP contribution in [0.25, 0.3) is 10.2 Å². The van der Waals surface area contributed by atoms with Gasteiger partial charge in [0.05, 0.1) is 11.5 Å². The maximum atomic E-state index is 9.53. The highest BCUT2D eigenvalue weighted by atomic mass is 32.1. The number of fused-ring (bicyclic) bond motifs is 1. The average Bonchev–Trinajstić information content (AvgIpc) is 2.70. The Morgan fingerprint density at radius 1 is 1.35 bits per heavy atom. The molecule has 0 unspecified atom stereocenters.